The van der Waals surface area contributed by atoms with Gasteiger partial charge in [-0.1, -0.05) is 46.8 Å². The Labute approximate surface area is 99.3 Å². The number of fused-ring (bicyclic) bond motifs is 1. The van der Waals surface area contributed by atoms with Gasteiger partial charge in [-0.05, 0) is 12.1 Å². The van der Waals surface area contributed by atoms with E-state index in [0.29, 0.717) is 0 Å². The lowest BCUT2D eigenvalue weighted by Gasteiger charge is -1.96. The van der Waals surface area contributed by atoms with Crippen LogP contribution in [0.25, 0.3) is 11.0 Å². The molecule has 0 atom stereocenters. The van der Waals surface area contributed by atoms with Gasteiger partial charge in [0.25, 0.3) is 0 Å². The van der Waals surface area contributed by atoms with E-state index in [2.05, 4.69) is 35.7 Å². The van der Waals surface area contributed by atoms with Crippen molar-refractivity contribution in [1.29, 1.82) is 0 Å². The maximum Gasteiger partial charge on any atom is 0.109 e. The van der Waals surface area contributed by atoms with Crippen LogP contribution in [0.15, 0.2) is 24.3 Å². The van der Waals surface area contributed by atoms with Crippen molar-refractivity contribution in [3.8, 4) is 0 Å². The maximum atomic E-state index is 4.49. The number of nitrogens with zero attached hydrogens (tertiary/aromatic N) is 2. The summed E-state index contributed by atoms with van der Waals surface area (Å²) in [6, 6.07) is 8.22. The monoisotopic (exact) mass is 220 g/mol. The quantitative estimate of drug-likeness (QED) is 0.704. The molecule has 0 amide bonds. The van der Waals surface area contributed by atoms with Gasteiger partial charge in [0.05, 0.1) is 11.0 Å². The minimum atomic E-state index is 0.991. The maximum absolute atomic E-state index is 4.49. The molecular weight excluding hydrogens is 196 g/mol. The number of rotatable bonds is 1. The smallest absolute Gasteiger partial charge is 0.109 e. The molecule has 0 unspecified atom stereocenters. The van der Waals surface area contributed by atoms with Gasteiger partial charge >= 0.3 is 0 Å². The van der Waals surface area contributed by atoms with Crippen LogP contribution in [0.2, 0.25) is 0 Å². The summed E-state index contributed by atoms with van der Waals surface area (Å²) >= 11 is 0. The van der Waals surface area contributed by atoms with Crippen molar-refractivity contribution in [2.24, 2.45) is 7.05 Å². The number of imidazole rings is 1. The molecule has 90 valence electrons. The first-order chi connectivity index (χ1) is 7.83. The molecule has 0 spiro atoms. The molecule has 2 heteroatoms. The molecular formula is C14H24N2. The lowest BCUT2D eigenvalue weighted by molar-refractivity contribution is 0.829. The first-order valence-electron chi connectivity index (χ1n) is 6.23. The van der Waals surface area contributed by atoms with Gasteiger partial charge < -0.3 is 4.57 Å². The lowest BCUT2D eigenvalue weighted by atomic mass is 10.3. The van der Waals surface area contributed by atoms with Crippen LogP contribution in [0.1, 0.15) is 40.4 Å². The zero-order valence-electron chi connectivity index (χ0n) is 11.4. The largest absolute Gasteiger partial charge is 0.331 e. The fraction of sp³-hybridized carbons (Fsp3) is 0.500. The standard InChI is InChI=1S/C10H12N2.2C2H6/c1-3-10-11-8-6-4-5-7-9(8)12(10)2;2*1-2/h4-7H,3H2,1-2H3;2*1-2H3. The van der Waals surface area contributed by atoms with E-state index < -0.39 is 0 Å². The van der Waals surface area contributed by atoms with Crippen LogP contribution in [0.4, 0.5) is 0 Å². The number of benzene rings is 1. The highest BCUT2D eigenvalue weighted by atomic mass is 15.1. The third kappa shape index (κ3) is 3.09. The average Bonchev–Trinajstić information content (AvgIpc) is 2.72. The molecule has 2 aromatic rings. The molecule has 1 aromatic carbocycles. The van der Waals surface area contributed by atoms with Crippen LogP contribution < -0.4 is 0 Å². The van der Waals surface area contributed by atoms with Gasteiger partial charge in [-0.2, -0.15) is 0 Å². The van der Waals surface area contributed by atoms with Crippen molar-refractivity contribution in [1.82, 2.24) is 9.55 Å². The van der Waals surface area contributed by atoms with Crippen molar-refractivity contribution in [2.45, 2.75) is 41.0 Å². The molecule has 0 radical (unpaired) electrons. The molecule has 2 nitrogen and oxygen atoms in total. The predicted molar refractivity (Wildman–Crippen MR) is 72.8 cm³/mol. The highest BCUT2D eigenvalue weighted by Gasteiger charge is 2.03. The average molecular weight is 220 g/mol. The lowest BCUT2D eigenvalue weighted by Crippen LogP contribution is -1.94. The molecule has 0 aliphatic rings. The van der Waals surface area contributed by atoms with Gasteiger partial charge in [-0.15, -0.1) is 0 Å². The third-order valence-corrected chi connectivity index (χ3v) is 2.20. The Morgan fingerprint density at radius 1 is 1.06 bits per heavy atom. The van der Waals surface area contributed by atoms with E-state index in [0.717, 1.165) is 17.8 Å². The van der Waals surface area contributed by atoms with Crippen molar-refractivity contribution in [3.63, 3.8) is 0 Å². The van der Waals surface area contributed by atoms with Crippen molar-refractivity contribution < 1.29 is 0 Å². The van der Waals surface area contributed by atoms with Crippen LogP contribution in [0.5, 0.6) is 0 Å². The number of hydrogen-bond acceptors (Lipinski definition) is 1. The van der Waals surface area contributed by atoms with Gasteiger partial charge in [0, 0.05) is 13.5 Å². The topological polar surface area (TPSA) is 17.8 Å². The summed E-state index contributed by atoms with van der Waals surface area (Å²) in [5.41, 5.74) is 2.31. The van der Waals surface area contributed by atoms with Gasteiger partial charge in [-0.3, -0.25) is 0 Å². The zero-order valence-corrected chi connectivity index (χ0v) is 11.4. The number of aromatic nitrogens is 2. The fourth-order valence-electron chi connectivity index (χ4n) is 1.51. The minimum absolute atomic E-state index is 0.991. The summed E-state index contributed by atoms with van der Waals surface area (Å²) in [5.74, 6) is 1.15. The minimum Gasteiger partial charge on any atom is -0.331 e. The molecule has 0 saturated carbocycles. The molecule has 2 rings (SSSR count). The van der Waals surface area contributed by atoms with E-state index in [4.69, 9.17) is 0 Å². The second kappa shape index (κ2) is 7.91. The van der Waals surface area contributed by atoms with Crippen LogP contribution >= 0.6 is 0 Å². The molecule has 0 bridgehead atoms. The Balaban J connectivity index is 0.000000509. The van der Waals surface area contributed by atoms with E-state index in [1.807, 2.05) is 39.8 Å². The van der Waals surface area contributed by atoms with Gasteiger partial charge in [0.1, 0.15) is 5.82 Å². The van der Waals surface area contributed by atoms with Crippen molar-refractivity contribution in [2.75, 3.05) is 0 Å². The summed E-state index contributed by atoms with van der Waals surface area (Å²) in [7, 11) is 2.06. The normalized spacial score (nSPS) is 8.88. The van der Waals surface area contributed by atoms with Gasteiger partial charge in [0.2, 0.25) is 0 Å². The molecule has 0 N–H and O–H groups in total. The summed E-state index contributed by atoms with van der Waals surface area (Å²) in [6.07, 6.45) is 0.991. The van der Waals surface area contributed by atoms with E-state index in [9.17, 15) is 0 Å². The number of hydrogen-bond donors (Lipinski definition) is 0. The molecule has 1 aromatic heterocycles. The second-order valence-electron chi connectivity index (χ2n) is 2.93. The van der Waals surface area contributed by atoms with E-state index in [1.165, 1.54) is 5.52 Å². The Bertz CT molecular complexity index is 402. The summed E-state index contributed by atoms with van der Waals surface area (Å²) < 4.78 is 2.15. The molecule has 0 fully saturated rings. The Morgan fingerprint density at radius 3 is 2.12 bits per heavy atom. The Kier molecular flexibility index (Phi) is 7.27. The van der Waals surface area contributed by atoms with Gasteiger partial charge in [-0.25, -0.2) is 4.98 Å². The van der Waals surface area contributed by atoms with Crippen LogP contribution in [0, 0.1) is 0 Å². The summed E-state index contributed by atoms with van der Waals surface area (Å²) in [6.45, 7) is 10.1. The highest BCUT2D eigenvalue weighted by Crippen LogP contribution is 2.13. The van der Waals surface area contributed by atoms with E-state index in [1.54, 1.807) is 0 Å². The predicted octanol–water partition coefficient (Wildman–Crippen LogP) is 4.19. The molecule has 0 aliphatic carbocycles. The van der Waals surface area contributed by atoms with Crippen molar-refractivity contribution >= 4 is 11.0 Å². The Morgan fingerprint density at radius 2 is 1.62 bits per heavy atom. The molecule has 0 saturated heterocycles. The molecule has 0 aliphatic heterocycles. The van der Waals surface area contributed by atoms with Crippen molar-refractivity contribution in [3.05, 3.63) is 30.1 Å². The number of aryl methyl sites for hydroxylation is 2. The van der Waals surface area contributed by atoms with Crippen LogP contribution in [-0.2, 0) is 13.5 Å². The third-order valence-electron chi connectivity index (χ3n) is 2.20. The number of para-hydroxylation sites is 2. The SMILES string of the molecule is CC.CC.CCc1nc2ccccc2n1C. The second-order valence-corrected chi connectivity index (χ2v) is 2.93. The Hall–Kier alpha value is -1.31. The summed E-state index contributed by atoms with van der Waals surface area (Å²) in [4.78, 5) is 4.49. The van der Waals surface area contributed by atoms with Crippen LogP contribution in [-0.4, -0.2) is 9.55 Å². The van der Waals surface area contributed by atoms with E-state index in [-0.39, 0.29) is 0 Å². The first kappa shape index (κ1) is 14.7. The van der Waals surface area contributed by atoms with Crippen LogP contribution in [0.3, 0.4) is 0 Å². The first-order valence-corrected chi connectivity index (χ1v) is 6.23. The fourth-order valence-corrected chi connectivity index (χ4v) is 1.51. The van der Waals surface area contributed by atoms with E-state index >= 15 is 0 Å². The molecule has 1 heterocycles. The molecule has 16 heavy (non-hydrogen) atoms. The van der Waals surface area contributed by atoms with Gasteiger partial charge in [0.15, 0.2) is 0 Å². The highest BCUT2D eigenvalue weighted by molar-refractivity contribution is 5.75. The summed E-state index contributed by atoms with van der Waals surface area (Å²) in [5, 5.41) is 0. The zero-order chi connectivity index (χ0) is 12.6.